The van der Waals surface area contributed by atoms with E-state index in [4.69, 9.17) is 4.74 Å². The van der Waals surface area contributed by atoms with Gasteiger partial charge in [-0.3, -0.25) is 0 Å². The van der Waals surface area contributed by atoms with Gasteiger partial charge in [0.25, 0.3) is 0 Å². The maximum absolute atomic E-state index is 12.5. The van der Waals surface area contributed by atoms with Crippen molar-refractivity contribution >= 4 is 23.7 Å². The zero-order chi connectivity index (χ0) is 17.7. The average molecular weight is 353 g/mol. The Bertz CT molecular complexity index is 562. The molecule has 0 unspecified atom stereocenters. The maximum Gasteiger partial charge on any atom is 0.410 e. The number of amides is 1. The van der Waals surface area contributed by atoms with Crippen molar-refractivity contribution in [2.24, 2.45) is 0 Å². The smallest absolute Gasteiger partial charge is 0.410 e. The lowest BCUT2D eigenvalue weighted by atomic mass is 10.0. The monoisotopic (exact) mass is 352 g/mol. The molecule has 1 atom stereocenters. The highest BCUT2D eigenvalue weighted by molar-refractivity contribution is 7.98. The van der Waals surface area contributed by atoms with Crippen LogP contribution in [-0.4, -0.2) is 59.0 Å². The van der Waals surface area contributed by atoms with E-state index in [1.807, 2.05) is 45.0 Å². The van der Waals surface area contributed by atoms with Gasteiger partial charge in [-0.2, -0.15) is 0 Å². The normalized spacial score (nSPS) is 18.4. The van der Waals surface area contributed by atoms with E-state index >= 15 is 0 Å². The Labute approximate surface area is 149 Å². The van der Waals surface area contributed by atoms with Gasteiger partial charge < -0.3 is 14.5 Å². The Morgan fingerprint density at radius 3 is 2.88 bits per heavy atom. The SMILES string of the molecule is CSc1nccc(N(C)C[C@@H]2CCCCN2C(=O)OC(C)(C)C)n1. The van der Waals surface area contributed by atoms with Gasteiger partial charge in [-0.1, -0.05) is 11.8 Å². The van der Waals surface area contributed by atoms with Gasteiger partial charge in [0.1, 0.15) is 11.4 Å². The molecule has 1 aromatic rings. The van der Waals surface area contributed by atoms with Crippen LogP contribution in [-0.2, 0) is 4.74 Å². The van der Waals surface area contributed by atoms with Gasteiger partial charge in [-0.25, -0.2) is 14.8 Å². The van der Waals surface area contributed by atoms with Crippen LogP contribution < -0.4 is 4.90 Å². The number of anilines is 1. The number of carbonyl (C=O) groups excluding carboxylic acids is 1. The van der Waals surface area contributed by atoms with Crippen LogP contribution in [0.3, 0.4) is 0 Å². The highest BCUT2D eigenvalue weighted by atomic mass is 32.2. The van der Waals surface area contributed by atoms with Crippen molar-refractivity contribution < 1.29 is 9.53 Å². The maximum atomic E-state index is 12.5. The van der Waals surface area contributed by atoms with Crippen LogP contribution in [0.5, 0.6) is 0 Å². The molecule has 134 valence electrons. The number of ether oxygens (including phenoxy) is 1. The third kappa shape index (κ3) is 5.26. The minimum absolute atomic E-state index is 0.145. The second-order valence-electron chi connectivity index (χ2n) is 7.11. The molecule has 0 aliphatic carbocycles. The molecule has 0 bridgehead atoms. The Morgan fingerprint density at radius 2 is 2.21 bits per heavy atom. The molecular weight excluding hydrogens is 324 g/mol. The Hall–Kier alpha value is -1.50. The van der Waals surface area contributed by atoms with Crippen molar-refractivity contribution in [2.45, 2.75) is 56.8 Å². The van der Waals surface area contributed by atoms with Gasteiger partial charge in [0.05, 0.1) is 6.04 Å². The quantitative estimate of drug-likeness (QED) is 0.611. The average Bonchev–Trinajstić information content (AvgIpc) is 2.53. The first-order valence-electron chi connectivity index (χ1n) is 8.38. The third-order valence-corrected chi connectivity index (χ3v) is 4.49. The van der Waals surface area contributed by atoms with Gasteiger partial charge in [0.15, 0.2) is 5.16 Å². The predicted molar refractivity (Wildman–Crippen MR) is 97.7 cm³/mol. The minimum atomic E-state index is -0.467. The third-order valence-electron chi connectivity index (χ3n) is 3.93. The first kappa shape index (κ1) is 18.8. The standard InChI is InChI=1S/C17H28N4O2S/c1-17(2,3)23-16(22)21-11-7-6-8-13(21)12-20(4)14-9-10-18-15(19-14)24-5/h9-10,13H,6-8,11-12H2,1-5H3/t13-/m0/s1. The molecule has 1 fully saturated rings. The molecule has 0 aromatic carbocycles. The van der Waals surface area contributed by atoms with Gasteiger partial charge in [-0.15, -0.1) is 0 Å². The minimum Gasteiger partial charge on any atom is -0.444 e. The molecule has 24 heavy (non-hydrogen) atoms. The van der Waals surface area contributed by atoms with E-state index < -0.39 is 5.60 Å². The number of thioether (sulfide) groups is 1. The highest BCUT2D eigenvalue weighted by Gasteiger charge is 2.31. The molecule has 0 radical (unpaired) electrons. The molecule has 1 aromatic heterocycles. The Balaban J connectivity index is 2.05. The van der Waals surface area contributed by atoms with E-state index in [0.717, 1.165) is 43.3 Å². The van der Waals surface area contributed by atoms with E-state index in [0.29, 0.717) is 0 Å². The molecule has 6 nitrogen and oxygen atoms in total. The lowest BCUT2D eigenvalue weighted by molar-refractivity contribution is 0.0108. The number of aromatic nitrogens is 2. The van der Waals surface area contributed by atoms with Crippen molar-refractivity contribution in [2.75, 3.05) is 31.3 Å². The summed E-state index contributed by atoms with van der Waals surface area (Å²) in [5, 5.41) is 0.756. The van der Waals surface area contributed by atoms with Crippen LogP contribution in [0.25, 0.3) is 0 Å². The van der Waals surface area contributed by atoms with Crippen LogP contribution in [0, 0.1) is 0 Å². The summed E-state index contributed by atoms with van der Waals surface area (Å²) >= 11 is 1.52. The van der Waals surface area contributed by atoms with E-state index in [2.05, 4.69) is 14.9 Å². The van der Waals surface area contributed by atoms with Crippen LogP contribution in [0.4, 0.5) is 10.6 Å². The second-order valence-corrected chi connectivity index (χ2v) is 7.88. The van der Waals surface area contributed by atoms with E-state index in [9.17, 15) is 4.79 Å². The van der Waals surface area contributed by atoms with Crippen LogP contribution >= 0.6 is 11.8 Å². The van der Waals surface area contributed by atoms with Crippen molar-refractivity contribution in [3.8, 4) is 0 Å². The van der Waals surface area contributed by atoms with Gasteiger partial charge in [-0.05, 0) is 52.4 Å². The van der Waals surface area contributed by atoms with Crippen molar-refractivity contribution in [3.05, 3.63) is 12.3 Å². The molecule has 7 heteroatoms. The summed E-state index contributed by atoms with van der Waals surface area (Å²) in [5.41, 5.74) is -0.467. The number of hydrogen-bond acceptors (Lipinski definition) is 6. The molecule has 1 aliphatic rings. The van der Waals surface area contributed by atoms with Crippen molar-refractivity contribution in [1.29, 1.82) is 0 Å². The number of piperidine rings is 1. The summed E-state index contributed by atoms with van der Waals surface area (Å²) in [6, 6.07) is 2.05. The van der Waals surface area contributed by atoms with Crippen LogP contribution in [0.1, 0.15) is 40.0 Å². The van der Waals surface area contributed by atoms with Crippen molar-refractivity contribution in [3.63, 3.8) is 0 Å². The number of carbonyl (C=O) groups is 1. The lowest BCUT2D eigenvalue weighted by Gasteiger charge is -2.38. The summed E-state index contributed by atoms with van der Waals surface area (Å²) < 4.78 is 5.57. The van der Waals surface area contributed by atoms with Gasteiger partial charge in [0.2, 0.25) is 0 Å². The summed E-state index contributed by atoms with van der Waals surface area (Å²) in [6.07, 6.45) is 6.68. The number of nitrogens with zero attached hydrogens (tertiary/aromatic N) is 4. The summed E-state index contributed by atoms with van der Waals surface area (Å²) in [6.45, 7) is 7.21. The first-order valence-corrected chi connectivity index (χ1v) is 9.60. The molecule has 0 N–H and O–H groups in total. The summed E-state index contributed by atoms with van der Waals surface area (Å²) in [5.74, 6) is 0.879. The zero-order valence-electron chi connectivity index (χ0n) is 15.3. The van der Waals surface area contributed by atoms with Crippen LogP contribution in [0.2, 0.25) is 0 Å². The fourth-order valence-electron chi connectivity index (χ4n) is 2.80. The second kappa shape index (κ2) is 8.05. The largest absolute Gasteiger partial charge is 0.444 e. The predicted octanol–water partition coefficient (Wildman–Crippen LogP) is 3.42. The fraction of sp³-hybridized carbons (Fsp3) is 0.706. The van der Waals surface area contributed by atoms with Crippen LogP contribution in [0.15, 0.2) is 17.4 Å². The topological polar surface area (TPSA) is 58.6 Å². The Morgan fingerprint density at radius 1 is 1.46 bits per heavy atom. The van der Waals surface area contributed by atoms with E-state index in [-0.39, 0.29) is 12.1 Å². The molecule has 1 amide bonds. The number of likely N-dealkylation sites (tertiary alicyclic amines) is 1. The molecule has 0 spiro atoms. The molecule has 2 heterocycles. The van der Waals surface area contributed by atoms with Gasteiger partial charge in [0, 0.05) is 26.3 Å². The first-order chi connectivity index (χ1) is 11.3. The number of hydrogen-bond donors (Lipinski definition) is 0. The van der Waals surface area contributed by atoms with Gasteiger partial charge >= 0.3 is 6.09 Å². The van der Waals surface area contributed by atoms with E-state index in [1.165, 1.54) is 11.8 Å². The molecular formula is C17H28N4O2S. The molecule has 2 rings (SSSR count). The zero-order valence-corrected chi connectivity index (χ0v) is 16.1. The lowest BCUT2D eigenvalue weighted by Crippen LogP contribution is -2.50. The van der Waals surface area contributed by atoms with Crippen molar-refractivity contribution in [1.82, 2.24) is 14.9 Å². The Kier molecular flexibility index (Phi) is 6.32. The molecule has 1 aliphatic heterocycles. The molecule has 0 saturated carbocycles. The highest BCUT2D eigenvalue weighted by Crippen LogP contribution is 2.22. The number of likely N-dealkylation sites (N-methyl/N-ethyl adjacent to an activating group) is 1. The fourth-order valence-corrected chi connectivity index (χ4v) is 3.15. The summed E-state index contributed by atoms with van der Waals surface area (Å²) in [4.78, 5) is 25.2. The molecule has 1 saturated heterocycles. The summed E-state index contributed by atoms with van der Waals surface area (Å²) in [7, 11) is 2.01. The van der Waals surface area contributed by atoms with E-state index in [1.54, 1.807) is 6.20 Å². The number of rotatable bonds is 4.